The van der Waals surface area contributed by atoms with Crippen LogP contribution in [0.1, 0.15) is 27.2 Å². The first-order valence-electron chi connectivity index (χ1n) is 7.57. The lowest BCUT2D eigenvalue weighted by molar-refractivity contribution is 0.0993. The number of benzene rings is 2. The topological polar surface area (TPSA) is 93.0 Å². The summed E-state index contributed by atoms with van der Waals surface area (Å²) in [5, 5.41) is -0.145. The van der Waals surface area contributed by atoms with Gasteiger partial charge in [0, 0.05) is 0 Å². The second-order valence-electron chi connectivity index (χ2n) is 6.14. The number of nitrogens with one attached hydrogen (secondary N) is 1. The fourth-order valence-corrected chi connectivity index (χ4v) is 4.78. The molecule has 0 spiro atoms. The summed E-state index contributed by atoms with van der Waals surface area (Å²) in [6, 6.07) is 7.83. The Morgan fingerprint density at radius 3 is 2.24 bits per heavy atom. The Bertz CT molecular complexity index is 1110. The summed E-state index contributed by atoms with van der Waals surface area (Å²) in [5.74, 6) is -1.65. The molecule has 25 heavy (non-hydrogen) atoms. The number of fused-ring (bicyclic) bond motifs is 1. The number of hydrogen-bond acceptors (Lipinski definition) is 3. The number of primary amides is 1. The lowest BCUT2D eigenvalue weighted by Gasteiger charge is -2.09. The Balaban J connectivity index is 2.46. The van der Waals surface area contributed by atoms with Crippen LogP contribution in [0.4, 0.5) is 4.39 Å². The number of nitrogens with two attached hydrogens (primary N) is 1. The summed E-state index contributed by atoms with van der Waals surface area (Å²) >= 11 is 0. The average Bonchev–Trinajstić information content (AvgIpc) is 2.91. The van der Waals surface area contributed by atoms with Crippen molar-refractivity contribution in [3.05, 3.63) is 58.5 Å². The van der Waals surface area contributed by atoms with Crippen LogP contribution in [0, 0.1) is 26.6 Å². The van der Waals surface area contributed by atoms with Gasteiger partial charge < -0.3 is 10.7 Å². The number of sulfone groups is 1. The van der Waals surface area contributed by atoms with Gasteiger partial charge in [-0.05, 0) is 55.7 Å². The maximum atomic E-state index is 14.7. The second kappa shape index (κ2) is 5.70. The van der Waals surface area contributed by atoms with Gasteiger partial charge in [0.15, 0.2) is 0 Å². The summed E-state index contributed by atoms with van der Waals surface area (Å²) in [6.45, 7) is 5.06. The summed E-state index contributed by atoms with van der Waals surface area (Å²) in [6.07, 6.45) is 0. The minimum absolute atomic E-state index is 0.00527. The van der Waals surface area contributed by atoms with Crippen molar-refractivity contribution in [2.45, 2.75) is 30.6 Å². The monoisotopic (exact) mass is 360 g/mol. The molecule has 0 fully saturated rings. The molecule has 1 aromatic heterocycles. The van der Waals surface area contributed by atoms with Gasteiger partial charge in [0.2, 0.25) is 9.84 Å². The van der Waals surface area contributed by atoms with E-state index in [4.69, 9.17) is 5.73 Å². The molecule has 2 aromatic carbocycles. The Kier molecular flexibility index (Phi) is 3.91. The quantitative estimate of drug-likeness (QED) is 0.751. The summed E-state index contributed by atoms with van der Waals surface area (Å²) in [7, 11) is -4.15. The van der Waals surface area contributed by atoms with Crippen molar-refractivity contribution in [3.8, 4) is 0 Å². The van der Waals surface area contributed by atoms with E-state index in [1.165, 1.54) is 31.2 Å². The molecular formula is C18H17FN2O3S. The van der Waals surface area contributed by atoms with Crippen LogP contribution in [0.15, 0.2) is 40.1 Å². The van der Waals surface area contributed by atoms with Crippen molar-refractivity contribution in [2.75, 3.05) is 0 Å². The fraction of sp³-hybridized carbons (Fsp3) is 0.167. The number of hydrogen-bond donors (Lipinski definition) is 2. The summed E-state index contributed by atoms with van der Waals surface area (Å²) in [4.78, 5) is 14.0. The number of rotatable bonds is 3. The van der Waals surface area contributed by atoms with Gasteiger partial charge in [0.05, 0.1) is 15.8 Å². The minimum Gasteiger partial charge on any atom is -0.364 e. The molecule has 0 saturated carbocycles. The van der Waals surface area contributed by atoms with Gasteiger partial charge in [-0.25, -0.2) is 12.8 Å². The molecule has 0 aliphatic rings. The summed E-state index contributed by atoms with van der Waals surface area (Å²) in [5.41, 5.74) is 7.00. The van der Waals surface area contributed by atoms with E-state index in [9.17, 15) is 17.6 Å². The number of aromatic amines is 1. The fourth-order valence-electron chi connectivity index (χ4n) is 2.97. The maximum Gasteiger partial charge on any atom is 0.266 e. The van der Waals surface area contributed by atoms with Crippen molar-refractivity contribution in [3.63, 3.8) is 0 Å². The molecular weight excluding hydrogens is 343 g/mol. The number of halogens is 1. The molecule has 0 bridgehead atoms. The van der Waals surface area contributed by atoms with Crippen molar-refractivity contribution in [1.82, 2.24) is 4.98 Å². The second-order valence-corrected chi connectivity index (χ2v) is 8.03. The van der Waals surface area contributed by atoms with E-state index in [0.717, 1.165) is 11.1 Å². The van der Waals surface area contributed by atoms with Crippen LogP contribution in [-0.2, 0) is 9.84 Å². The number of aryl methyl sites for hydroxylation is 3. The van der Waals surface area contributed by atoms with E-state index in [1.807, 2.05) is 6.07 Å². The standard InChI is InChI=1S/C18H17FN2O3S/c1-9-6-10(2)8-12(7-9)25(23,24)17-14-13(21-16(17)18(20)22)5-4-11(3)15(14)19/h4-8,21H,1-3H3,(H2,20,22). The van der Waals surface area contributed by atoms with E-state index in [-0.39, 0.29) is 27.1 Å². The maximum absolute atomic E-state index is 14.7. The summed E-state index contributed by atoms with van der Waals surface area (Å²) < 4.78 is 41.1. The molecule has 5 nitrogen and oxygen atoms in total. The zero-order valence-electron chi connectivity index (χ0n) is 14.0. The first-order chi connectivity index (χ1) is 11.6. The van der Waals surface area contributed by atoms with E-state index >= 15 is 0 Å². The lowest BCUT2D eigenvalue weighted by atomic mass is 10.1. The zero-order chi connectivity index (χ0) is 18.5. The molecule has 3 rings (SSSR count). The first-order valence-corrected chi connectivity index (χ1v) is 9.05. The molecule has 0 unspecified atom stereocenters. The lowest BCUT2D eigenvalue weighted by Crippen LogP contribution is -2.16. The van der Waals surface area contributed by atoms with Gasteiger partial charge in [-0.15, -0.1) is 0 Å². The highest BCUT2D eigenvalue weighted by atomic mass is 32.2. The van der Waals surface area contributed by atoms with E-state index < -0.39 is 26.5 Å². The molecule has 3 aromatic rings. The molecule has 3 N–H and O–H groups in total. The molecule has 0 radical (unpaired) electrons. The third kappa shape index (κ3) is 2.70. The molecule has 0 atom stereocenters. The van der Waals surface area contributed by atoms with Gasteiger partial charge in [0.1, 0.15) is 16.4 Å². The van der Waals surface area contributed by atoms with Crippen LogP contribution in [0.5, 0.6) is 0 Å². The Labute approximate surface area is 144 Å². The number of aromatic nitrogens is 1. The van der Waals surface area contributed by atoms with Crippen LogP contribution in [0.3, 0.4) is 0 Å². The Morgan fingerprint density at radius 2 is 1.68 bits per heavy atom. The predicted molar refractivity (Wildman–Crippen MR) is 92.9 cm³/mol. The Hall–Kier alpha value is -2.67. The SMILES string of the molecule is Cc1cc(C)cc(S(=O)(=O)c2c(C(N)=O)[nH]c3ccc(C)c(F)c23)c1. The molecule has 7 heteroatoms. The first kappa shape index (κ1) is 17.2. The third-order valence-electron chi connectivity index (χ3n) is 4.07. The highest BCUT2D eigenvalue weighted by molar-refractivity contribution is 7.91. The Morgan fingerprint density at radius 1 is 1.08 bits per heavy atom. The van der Waals surface area contributed by atoms with Crippen LogP contribution < -0.4 is 5.73 Å². The van der Waals surface area contributed by atoms with Gasteiger partial charge >= 0.3 is 0 Å². The van der Waals surface area contributed by atoms with Crippen LogP contribution in [-0.4, -0.2) is 19.3 Å². The van der Waals surface area contributed by atoms with Crippen LogP contribution in [0.2, 0.25) is 0 Å². The van der Waals surface area contributed by atoms with Gasteiger partial charge in [-0.1, -0.05) is 12.1 Å². The average molecular weight is 360 g/mol. The molecule has 0 saturated heterocycles. The van der Waals surface area contributed by atoms with Crippen molar-refractivity contribution >= 4 is 26.6 Å². The number of amides is 1. The highest BCUT2D eigenvalue weighted by Crippen LogP contribution is 2.34. The number of H-pyrrole nitrogens is 1. The molecule has 1 amide bonds. The zero-order valence-corrected chi connectivity index (χ0v) is 14.8. The molecule has 1 heterocycles. The predicted octanol–water partition coefficient (Wildman–Crippen LogP) is 3.16. The number of carbonyl (C=O) groups is 1. The smallest absolute Gasteiger partial charge is 0.266 e. The number of carbonyl (C=O) groups excluding carboxylic acids is 1. The largest absolute Gasteiger partial charge is 0.364 e. The van der Waals surface area contributed by atoms with E-state index in [0.29, 0.717) is 0 Å². The van der Waals surface area contributed by atoms with Crippen LogP contribution in [0.25, 0.3) is 10.9 Å². The molecule has 0 aliphatic carbocycles. The van der Waals surface area contributed by atoms with Crippen molar-refractivity contribution in [1.29, 1.82) is 0 Å². The minimum atomic E-state index is -4.15. The highest BCUT2D eigenvalue weighted by Gasteiger charge is 2.31. The molecule has 130 valence electrons. The molecule has 0 aliphatic heterocycles. The normalized spacial score (nSPS) is 11.8. The third-order valence-corrected chi connectivity index (χ3v) is 5.87. The van der Waals surface area contributed by atoms with Crippen molar-refractivity contribution < 1.29 is 17.6 Å². The van der Waals surface area contributed by atoms with Gasteiger partial charge in [-0.3, -0.25) is 4.79 Å². The van der Waals surface area contributed by atoms with E-state index in [2.05, 4.69) is 4.98 Å². The van der Waals surface area contributed by atoms with E-state index in [1.54, 1.807) is 13.8 Å². The van der Waals surface area contributed by atoms with Crippen molar-refractivity contribution in [2.24, 2.45) is 5.73 Å². The van der Waals surface area contributed by atoms with Crippen LogP contribution >= 0.6 is 0 Å². The van der Waals surface area contributed by atoms with Gasteiger partial charge in [0.25, 0.3) is 5.91 Å². The van der Waals surface area contributed by atoms with Gasteiger partial charge in [-0.2, -0.15) is 0 Å².